The van der Waals surface area contributed by atoms with Crippen molar-refractivity contribution >= 4 is 43.4 Å². The Kier molecular flexibility index (Phi) is 8.15. The van der Waals surface area contributed by atoms with Crippen molar-refractivity contribution in [1.29, 1.82) is 0 Å². The van der Waals surface area contributed by atoms with Crippen molar-refractivity contribution in [3.05, 3.63) is 97.8 Å². The van der Waals surface area contributed by atoms with Gasteiger partial charge in [-0.3, -0.25) is 14.2 Å². The fourth-order valence-electron chi connectivity index (χ4n) is 4.14. The van der Waals surface area contributed by atoms with E-state index < -0.39 is 0 Å². The number of rotatable bonds is 9. The lowest BCUT2D eigenvalue weighted by molar-refractivity contribution is 0.0642. The summed E-state index contributed by atoms with van der Waals surface area (Å²) in [5, 5.41) is 2.51. The van der Waals surface area contributed by atoms with Gasteiger partial charge in [-0.1, -0.05) is 53.2 Å². The van der Waals surface area contributed by atoms with Gasteiger partial charge in [-0.2, -0.15) is 0 Å². The summed E-state index contributed by atoms with van der Waals surface area (Å²) < 4.78 is 2.67. The fraction of sp³-hybridized carbons (Fsp3) is 0.296. The molecule has 0 N–H and O–H groups in total. The number of thiophene rings is 1. The van der Waals surface area contributed by atoms with Gasteiger partial charge >= 0.3 is 0 Å². The summed E-state index contributed by atoms with van der Waals surface area (Å²) in [6.07, 6.45) is 0.633. The zero-order valence-corrected chi connectivity index (χ0v) is 22.6. The van der Waals surface area contributed by atoms with Crippen LogP contribution in [0.15, 0.2) is 75.3 Å². The van der Waals surface area contributed by atoms with Crippen molar-refractivity contribution in [2.45, 2.75) is 25.9 Å². The van der Waals surface area contributed by atoms with Crippen molar-refractivity contribution in [3.63, 3.8) is 0 Å². The molecule has 1 atom stereocenters. The smallest absolute Gasteiger partial charge is 0.262 e. The molecule has 4 rings (SSSR count). The van der Waals surface area contributed by atoms with Crippen LogP contribution < -0.4 is 5.56 Å². The summed E-state index contributed by atoms with van der Waals surface area (Å²) in [6, 6.07) is 18.8. The maximum atomic E-state index is 13.8. The first kappa shape index (κ1) is 25.3. The van der Waals surface area contributed by atoms with Crippen LogP contribution >= 0.6 is 27.3 Å². The second kappa shape index (κ2) is 11.3. The standard InChI is InChI=1S/C27H29BrN4O2S/c1-4-23(31(16-15-30(2)3)26(33)20-10-12-21(28)13-11-20)24-29-25-22(14-17-35-25)27(34)32(24)18-19-8-6-5-7-9-19/h5-14,17,23H,4,15-16,18H2,1-3H3. The normalized spacial score (nSPS) is 12.3. The Balaban J connectivity index is 1.84. The van der Waals surface area contributed by atoms with Crippen LogP contribution in [0.3, 0.4) is 0 Å². The average molecular weight is 554 g/mol. The van der Waals surface area contributed by atoms with Crippen LogP contribution in [0.1, 0.15) is 41.1 Å². The highest BCUT2D eigenvalue weighted by Gasteiger charge is 2.29. The lowest BCUT2D eigenvalue weighted by Gasteiger charge is -2.33. The van der Waals surface area contributed by atoms with Gasteiger partial charge in [0.15, 0.2) is 0 Å². The molecule has 2 aromatic carbocycles. The Hall–Kier alpha value is -2.81. The number of nitrogens with zero attached hydrogens (tertiary/aromatic N) is 4. The van der Waals surface area contributed by atoms with Crippen LogP contribution in [0.5, 0.6) is 0 Å². The largest absolute Gasteiger partial charge is 0.327 e. The van der Waals surface area contributed by atoms with Crippen LogP contribution in [0.4, 0.5) is 0 Å². The molecule has 0 fully saturated rings. The minimum Gasteiger partial charge on any atom is -0.327 e. The van der Waals surface area contributed by atoms with E-state index in [-0.39, 0.29) is 17.5 Å². The third-order valence-electron chi connectivity index (χ3n) is 6.00. The summed E-state index contributed by atoms with van der Waals surface area (Å²) in [5.41, 5.74) is 1.55. The molecule has 8 heteroatoms. The fourth-order valence-corrected chi connectivity index (χ4v) is 5.17. The molecular weight excluding hydrogens is 524 g/mol. The van der Waals surface area contributed by atoms with Gasteiger partial charge in [0.2, 0.25) is 0 Å². The van der Waals surface area contributed by atoms with Gasteiger partial charge in [0.1, 0.15) is 10.7 Å². The highest BCUT2D eigenvalue weighted by Crippen LogP contribution is 2.28. The van der Waals surface area contributed by atoms with Crippen LogP contribution in [0.2, 0.25) is 0 Å². The first-order valence-electron chi connectivity index (χ1n) is 11.6. The van der Waals surface area contributed by atoms with E-state index in [1.165, 1.54) is 11.3 Å². The predicted octanol–water partition coefficient (Wildman–Crippen LogP) is 5.42. The molecule has 2 aromatic heterocycles. The highest BCUT2D eigenvalue weighted by molar-refractivity contribution is 9.10. The minimum atomic E-state index is -0.353. The molecule has 35 heavy (non-hydrogen) atoms. The summed E-state index contributed by atoms with van der Waals surface area (Å²) in [5.74, 6) is 0.554. The van der Waals surface area contributed by atoms with Crippen LogP contribution in [0, 0.1) is 0 Å². The summed E-state index contributed by atoms with van der Waals surface area (Å²) in [7, 11) is 3.98. The van der Waals surface area contributed by atoms with E-state index in [0.717, 1.165) is 10.0 Å². The number of carbonyl (C=O) groups excluding carboxylic acids is 1. The summed E-state index contributed by atoms with van der Waals surface area (Å²) in [6.45, 7) is 3.66. The second-order valence-electron chi connectivity index (χ2n) is 8.72. The van der Waals surface area contributed by atoms with Gasteiger partial charge in [-0.25, -0.2) is 4.98 Å². The van der Waals surface area contributed by atoms with Crippen molar-refractivity contribution in [2.75, 3.05) is 27.2 Å². The number of carbonyl (C=O) groups is 1. The number of aromatic nitrogens is 2. The van der Waals surface area contributed by atoms with Gasteiger partial charge in [0.05, 0.1) is 18.0 Å². The lowest BCUT2D eigenvalue weighted by Crippen LogP contribution is -2.42. The average Bonchev–Trinajstić information content (AvgIpc) is 3.33. The van der Waals surface area contributed by atoms with Gasteiger partial charge in [-0.15, -0.1) is 11.3 Å². The quantitative estimate of drug-likeness (QED) is 0.278. The van der Waals surface area contributed by atoms with E-state index in [2.05, 4.69) is 20.8 Å². The van der Waals surface area contributed by atoms with E-state index in [0.29, 0.717) is 47.7 Å². The molecule has 1 amide bonds. The molecule has 0 radical (unpaired) electrons. The third-order valence-corrected chi connectivity index (χ3v) is 7.33. The predicted molar refractivity (Wildman–Crippen MR) is 146 cm³/mol. The number of halogens is 1. The Labute approximate surface area is 218 Å². The molecule has 6 nitrogen and oxygen atoms in total. The number of fused-ring (bicyclic) bond motifs is 1. The van der Waals surface area contributed by atoms with Crippen molar-refractivity contribution in [3.8, 4) is 0 Å². The van der Waals surface area contributed by atoms with E-state index in [4.69, 9.17) is 4.98 Å². The molecule has 182 valence electrons. The van der Waals surface area contributed by atoms with Gasteiger partial charge < -0.3 is 9.80 Å². The molecule has 0 aliphatic carbocycles. The Morgan fingerprint density at radius 1 is 1.06 bits per heavy atom. The van der Waals surface area contributed by atoms with Gasteiger partial charge in [-0.05, 0) is 61.8 Å². The SMILES string of the molecule is CCC(c1nc2sccc2c(=O)n1Cc1ccccc1)N(CCN(C)C)C(=O)c1ccc(Br)cc1. The lowest BCUT2D eigenvalue weighted by atomic mass is 10.1. The molecule has 0 bridgehead atoms. The molecular formula is C27H29BrN4O2S. The maximum Gasteiger partial charge on any atom is 0.262 e. The van der Waals surface area contributed by atoms with Gasteiger partial charge in [0, 0.05) is 23.1 Å². The Bertz CT molecular complexity index is 1350. The molecule has 0 saturated carbocycles. The Morgan fingerprint density at radius 2 is 1.77 bits per heavy atom. The summed E-state index contributed by atoms with van der Waals surface area (Å²) >= 11 is 4.90. The van der Waals surface area contributed by atoms with E-state index in [1.54, 1.807) is 4.57 Å². The molecule has 2 heterocycles. The highest BCUT2D eigenvalue weighted by atomic mass is 79.9. The van der Waals surface area contributed by atoms with Gasteiger partial charge in [0.25, 0.3) is 11.5 Å². The maximum absolute atomic E-state index is 13.8. The van der Waals surface area contributed by atoms with Crippen LogP contribution in [0.25, 0.3) is 10.2 Å². The van der Waals surface area contributed by atoms with Crippen molar-refractivity contribution in [1.82, 2.24) is 19.4 Å². The molecule has 1 unspecified atom stereocenters. The Morgan fingerprint density at radius 3 is 2.43 bits per heavy atom. The van der Waals surface area contributed by atoms with E-state index in [1.807, 2.05) is 92.0 Å². The molecule has 0 aliphatic rings. The zero-order chi connectivity index (χ0) is 24.9. The molecule has 0 saturated heterocycles. The number of hydrogen-bond donors (Lipinski definition) is 0. The number of amides is 1. The van der Waals surface area contributed by atoms with Crippen LogP contribution in [-0.2, 0) is 6.54 Å². The topological polar surface area (TPSA) is 58.4 Å². The minimum absolute atomic E-state index is 0.0713. The van der Waals surface area contributed by atoms with E-state index in [9.17, 15) is 9.59 Å². The third kappa shape index (κ3) is 5.72. The number of benzene rings is 2. The molecule has 0 aliphatic heterocycles. The second-order valence-corrected chi connectivity index (χ2v) is 10.5. The summed E-state index contributed by atoms with van der Waals surface area (Å²) in [4.78, 5) is 37.0. The number of hydrogen-bond acceptors (Lipinski definition) is 5. The van der Waals surface area contributed by atoms with Crippen LogP contribution in [-0.4, -0.2) is 52.4 Å². The molecule has 0 spiro atoms. The zero-order valence-electron chi connectivity index (χ0n) is 20.1. The first-order chi connectivity index (χ1) is 16.9. The first-order valence-corrected chi connectivity index (χ1v) is 13.3. The monoisotopic (exact) mass is 552 g/mol. The van der Waals surface area contributed by atoms with E-state index >= 15 is 0 Å². The number of likely N-dealkylation sites (N-methyl/N-ethyl adjacent to an activating group) is 1. The van der Waals surface area contributed by atoms with Crippen molar-refractivity contribution < 1.29 is 4.79 Å². The van der Waals surface area contributed by atoms with Crippen molar-refractivity contribution in [2.24, 2.45) is 0 Å². The molecule has 4 aromatic rings.